The van der Waals surface area contributed by atoms with Crippen molar-refractivity contribution >= 4 is 20.9 Å². The van der Waals surface area contributed by atoms with Gasteiger partial charge in [-0.25, -0.2) is 0 Å². The van der Waals surface area contributed by atoms with E-state index in [9.17, 15) is 8.42 Å². The first kappa shape index (κ1) is 15.7. The van der Waals surface area contributed by atoms with Crippen molar-refractivity contribution in [1.82, 2.24) is 0 Å². The molecule has 0 N–H and O–H groups in total. The van der Waals surface area contributed by atoms with Gasteiger partial charge in [0.1, 0.15) is 4.90 Å². The largest absolute Gasteiger partial charge is 1.00 e. The normalized spacial score (nSPS) is 11.5. The van der Waals surface area contributed by atoms with Crippen LogP contribution in [0.25, 0.3) is 10.8 Å². The molecule has 5 heteroatoms. The smallest absolute Gasteiger partial charge is 0.264 e. The van der Waals surface area contributed by atoms with Crippen molar-refractivity contribution in [2.75, 3.05) is 0 Å². The molecule has 0 saturated carbocycles. The molecule has 0 aliphatic heterocycles. The van der Waals surface area contributed by atoms with Gasteiger partial charge in [0, 0.05) is 5.39 Å². The Bertz CT molecular complexity index is 630. The first-order valence-corrected chi connectivity index (χ1v) is 6.82. The van der Waals surface area contributed by atoms with E-state index in [2.05, 4.69) is 0 Å². The van der Waals surface area contributed by atoms with Crippen molar-refractivity contribution in [3.05, 3.63) is 42.5 Å². The van der Waals surface area contributed by atoms with Crippen LogP contribution in [-0.2, 0) is 14.3 Å². The van der Waals surface area contributed by atoms with Crippen LogP contribution in [0.1, 0.15) is 13.8 Å². The fourth-order valence-corrected chi connectivity index (χ4v) is 3.03. The first-order valence-electron chi connectivity index (χ1n) is 5.42. The van der Waals surface area contributed by atoms with Crippen LogP contribution in [-0.4, -0.2) is 14.5 Å². The summed E-state index contributed by atoms with van der Waals surface area (Å²) in [6.45, 7) is 3.39. The van der Waals surface area contributed by atoms with Gasteiger partial charge >= 0.3 is 29.6 Å². The molecule has 3 nitrogen and oxygen atoms in total. The van der Waals surface area contributed by atoms with Crippen molar-refractivity contribution in [3.8, 4) is 0 Å². The van der Waals surface area contributed by atoms with Gasteiger partial charge in [0.15, 0.2) is 0 Å². The Kier molecular flexibility index (Phi) is 5.37. The molecule has 0 atom stereocenters. The fourth-order valence-electron chi connectivity index (χ4n) is 1.72. The van der Waals surface area contributed by atoms with E-state index in [1.54, 1.807) is 32.0 Å². The van der Waals surface area contributed by atoms with E-state index in [1.165, 1.54) is 0 Å². The predicted molar refractivity (Wildman–Crippen MR) is 67.4 cm³/mol. The topological polar surface area (TPSA) is 43.4 Å². The van der Waals surface area contributed by atoms with E-state index in [4.69, 9.17) is 4.18 Å². The molecule has 0 aliphatic carbocycles. The van der Waals surface area contributed by atoms with Gasteiger partial charge < -0.3 is 0 Å². The Morgan fingerprint density at radius 1 is 1.00 bits per heavy atom. The minimum Gasteiger partial charge on any atom is -0.264 e. The minimum atomic E-state index is -3.69. The SMILES string of the molecule is CC(C)OS(=O)(=O)c1cccc2ccccc12.[Na+]. The molecule has 0 spiro atoms. The fraction of sp³-hybridized carbons (Fsp3) is 0.231. The maximum Gasteiger partial charge on any atom is 1.00 e. The van der Waals surface area contributed by atoms with Gasteiger partial charge in [-0.2, -0.15) is 8.42 Å². The van der Waals surface area contributed by atoms with E-state index in [0.717, 1.165) is 5.39 Å². The summed E-state index contributed by atoms with van der Waals surface area (Å²) in [7, 11) is -3.69. The van der Waals surface area contributed by atoms with Crippen LogP contribution < -0.4 is 29.6 Å². The van der Waals surface area contributed by atoms with Gasteiger partial charge in [-0.3, -0.25) is 4.18 Å². The Morgan fingerprint density at radius 3 is 2.28 bits per heavy atom. The third-order valence-electron chi connectivity index (χ3n) is 2.34. The summed E-state index contributed by atoms with van der Waals surface area (Å²) in [6, 6.07) is 12.5. The van der Waals surface area contributed by atoms with Crippen LogP contribution in [0.4, 0.5) is 0 Å². The van der Waals surface area contributed by atoms with Crippen LogP contribution in [0, 0.1) is 0 Å². The van der Waals surface area contributed by atoms with Crippen LogP contribution >= 0.6 is 0 Å². The van der Waals surface area contributed by atoms with E-state index in [1.807, 2.05) is 24.3 Å². The second-order valence-electron chi connectivity index (χ2n) is 4.08. The number of benzene rings is 2. The third kappa shape index (κ3) is 3.33. The molecule has 0 aliphatic rings. The van der Waals surface area contributed by atoms with E-state index in [0.29, 0.717) is 5.39 Å². The second-order valence-corrected chi connectivity index (χ2v) is 5.62. The van der Waals surface area contributed by atoms with Gasteiger partial charge in [0.2, 0.25) is 0 Å². The van der Waals surface area contributed by atoms with Gasteiger partial charge in [-0.05, 0) is 25.3 Å². The number of rotatable bonds is 3. The van der Waals surface area contributed by atoms with Crippen LogP contribution in [0.5, 0.6) is 0 Å². The average Bonchev–Trinajstić information content (AvgIpc) is 2.26. The summed E-state index contributed by atoms with van der Waals surface area (Å²) in [5.74, 6) is 0. The molecule has 0 radical (unpaired) electrons. The minimum absolute atomic E-state index is 0. The summed E-state index contributed by atoms with van der Waals surface area (Å²) in [5.41, 5.74) is 0. The predicted octanol–water partition coefficient (Wildman–Crippen LogP) is -0.0425. The van der Waals surface area contributed by atoms with E-state index >= 15 is 0 Å². The van der Waals surface area contributed by atoms with Crippen LogP contribution in [0.3, 0.4) is 0 Å². The molecule has 2 aromatic rings. The molecular weight excluding hydrogens is 259 g/mol. The Balaban J connectivity index is 0.00000162. The molecule has 0 heterocycles. The molecular formula is C13H14NaO3S+. The summed E-state index contributed by atoms with van der Waals surface area (Å²) >= 11 is 0. The monoisotopic (exact) mass is 273 g/mol. The molecule has 0 amide bonds. The maximum absolute atomic E-state index is 12.0. The van der Waals surface area contributed by atoms with E-state index in [-0.39, 0.29) is 40.6 Å². The summed E-state index contributed by atoms with van der Waals surface area (Å²) in [4.78, 5) is 0.226. The quantitative estimate of drug-likeness (QED) is 0.582. The number of hydrogen-bond donors (Lipinski definition) is 0. The zero-order valence-electron chi connectivity index (χ0n) is 10.8. The molecule has 0 bridgehead atoms. The standard InChI is InChI=1S/C13H14O3S.Na/c1-10(2)16-17(14,15)13-9-5-7-11-6-3-4-8-12(11)13;/h3-10H,1-2H3;/q;+1. The Morgan fingerprint density at radius 2 is 1.61 bits per heavy atom. The first-order chi connectivity index (χ1) is 8.00. The maximum atomic E-state index is 12.0. The van der Waals surface area contributed by atoms with Crippen molar-refractivity contribution in [2.24, 2.45) is 0 Å². The van der Waals surface area contributed by atoms with Crippen molar-refractivity contribution < 1.29 is 42.2 Å². The van der Waals surface area contributed by atoms with Gasteiger partial charge in [0.05, 0.1) is 6.10 Å². The molecule has 2 rings (SSSR count). The number of fused-ring (bicyclic) bond motifs is 1. The van der Waals surface area contributed by atoms with Gasteiger partial charge in [0.25, 0.3) is 10.1 Å². The molecule has 2 aromatic carbocycles. The van der Waals surface area contributed by atoms with Gasteiger partial charge in [-0.15, -0.1) is 0 Å². The summed E-state index contributed by atoms with van der Waals surface area (Å²) < 4.78 is 29.1. The summed E-state index contributed by atoms with van der Waals surface area (Å²) in [5, 5.41) is 1.58. The molecule has 0 fully saturated rings. The van der Waals surface area contributed by atoms with Crippen molar-refractivity contribution in [1.29, 1.82) is 0 Å². The molecule has 18 heavy (non-hydrogen) atoms. The Hall–Kier alpha value is -0.390. The van der Waals surface area contributed by atoms with Crippen LogP contribution in [0.15, 0.2) is 47.4 Å². The van der Waals surface area contributed by atoms with Crippen LogP contribution in [0.2, 0.25) is 0 Å². The summed E-state index contributed by atoms with van der Waals surface area (Å²) in [6.07, 6.45) is -0.362. The molecule has 0 saturated heterocycles. The van der Waals surface area contributed by atoms with Crippen molar-refractivity contribution in [2.45, 2.75) is 24.8 Å². The average molecular weight is 273 g/mol. The zero-order valence-corrected chi connectivity index (χ0v) is 13.6. The van der Waals surface area contributed by atoms with Gasteiger partial charge in [-0.1, -0.05) is 36.4 Å². The van der Waals surface area contributed by atoms with Crippen molar-refractivity contribution in [3.63, 3.8) is 0 Å². The molecule has 0 unspecified atom stereocenters. The molecule has 0 aromatic heterocycles. The second kappa shape index (κ2) is 6.17. The zero-order chi connectivity index (χ0) is 12.5. The third-order valence-corrected chi connectivity index (χ3v) is 3.87. The van der Waals surface area contributed by atoms with E-state index < -0.39 is 10.1 Å². The number of hydrogen-bond acceptors (Lipinski definition) is 3. The Labute approximate surface area is 130 Å². The molecule has 90 valence electrons.